The van der Waals surface area contributed by atoms with E-state index < -0.39 is 5.92 Å². The number of Topliss-reactive ketones (excluding diaryl/α,β-unsaturated/α-hetero) is 1. The van der Waals surface area contributed by atoms with E-state index in [2.05, 4.69) is 33.4 Å². The number of allylic oxidation sites excluding steroid dienone is 3. The first-order valence-corrected chi connectivity index (χ1v) is 13.9. The number of hydrogen-bond acceptors (Lipinski definition) is 6. The van der Waals surface area contributed by atoms with Crippen molar-refractivity contribution >= 4 is 27.7 Å². The molecule has 37 heavy (non-hydrogen) atoms. The summed E-state index contributed by atoms with van der Waals surface area (Å²) in [6.45, 7) is 2.06. The zero-order valence-corrected chi connectivity index (χ0v) is 22.4. The van der Waals surface area contributed by atoms with Crippen LogP contribution in [0.4, 0.5) is 0 Å². The topological polar surface area (TPSA) is 73.9 Å². The Morgan fingerprint density at radius 2 is 1.76 bits per heavy atom. The predicted octanol–water partition coefficient (Wildman–Crippen LogP) is 6.42. The van der Waals surface area contributed by atoms with E-state index in [1.54, 1.807) is 0 Å². The minimum absolute atomic E-state index is 0.0487. The molecule has 2 aromatic rings. The minimum atomic E-state index is -0.555. The molecule has 2 aromatic carbocycles. The summed E-state index contributed by atoms with van der Waals surface area (Å²) in [6, 6.07) is 13.9. The van der Waals surface area contributed by atoms with E-state index in [1.807, 2.05) is 37.3 Å². The van der Waals surface area contributed by atoms with Crippen LogP contribution in [0.2, 0.25) is 0 Å². The van der Waals surface area contributed by atoms with E-state index in [-0.39, 0.29) is 30.6 Å². The second-order valence-corrected chi connectivity index (χ2v) is 11.2. The van der Waals surface area contributed by atoms with Crippen molar-refractivity contribution < 1.29 is 23.8 Å². The highest BCUT2D eigenvalue weighted by Crippen LogP contribution is 2.49. The molecule has 0 saturated heterocycles. The summed E-state index contributed by atoms with van der Waals surface area (Å²) >= 11 is 3.70. The number of rotatable bonds is 4. The average molecular weight is 564 g/mol. The SMILES string of the molecule is CC1=C(C(=O)OC2CCCCC2)[C@@H](c2cc3c(cc2Br)OCO3)C2=C(C[C@@H](c3ccccc3)CC2=O)N1. The van der Waals surface area contributed by atoms with E-state index in [4.69, 9.17) is 14.2 Å². The third-order valence-electron chi connectivity index (χ3n) is 7.95. The van der Waals surface area contributed by atoms with Crippen LogP contribution in [0.5, 0.6) is 11.5 Å². The Morgan fingerprint density at radius 3 is 2.51 bits per heavy atom. The van der Waals surface area contributed by atoms with Crippen LogP contribution in [0.1, 0.15) is 74.8 Å². The van der Waals surface area contributed by atoms with Crippen molar-refractivity contribution in [2.45, 2.75) is 69.8 Å². The Hall–Kier alpha value is -3.06. The molecule has 192 valence electrons. The normalized spacial score (nSPS) is 23.6. The summed E-state index contributed by atoms with van der Waals surface area (Å²) in [4.78, 5) is 27.6. The van der Waals surface area contributed by atoms with Crippen molar-refractivity contribution in [1.29, 1.82) is 0 Å². The molecule has 6 nitrogen and oxygen atoms in total. The molecular formula is C30H30BrNO5. The molecule has 0 amide bonds. The van der Waals surface area contributed by atoms with Gasteiger partial charge in [-0.3, -0.25) is 4.79 Å². The van der Waals surface area contributed by atoms with Crippen molar-refractivity contribution in [1.82, 2.24) is 5.32 Å². The molecule has 1 N–H and O–H groups in total. The van der Waals surface area contributed by atoms with Gasteiger partial charge in [0.15, 0.2) is 17.3 Å². The van der Waals surface area contributed by atoms with E-state index >= 15 is 0 Å². The van der Waals surface area contributed by atoms with Gasteiger partial charge < -0.3 is 19.5 Å². The lowest BCUT2D eigenvalue weighted by Gasteiger charge is -2.37. The first kappa shape index (κ1) is 24.3. The number of hydrogen-bond donors (Lipinski definition) is 1. The zero-order chi connectivity index (χ0) is 25.5. The van der Waals surface area contributed by atoms with Gasteiger partial charge in [-0.05, 0) is 68.2 Å². The standard InChI is InChI=1S/C30H30BrNO5/c1-17-27(30(34)37-20-10-6-3-7-11-20)28(21-14-25-26(15-22(21)31)36-16-35-25)29-23(32-17)12-19(13-24(29)33)18-8-4-2-5-9-18/h2,4-5,8-9,14-15,19-20,28,32H,3,6-7,10-13,16H2,1H3/t19-,28-/m1/s1. The Labute approximate surface area is 225 Å². The zero-order valence-electron chi connectivity index (χ0n) is 20.8. The number of nitrogens with one attached hydrogen (secondary N) is 1. The van der Waals surface area contributed by atoms with E-state index in [0.29, 0.717) is 35.5 Å². The Bertz CT molecular complexity index is 1310. The highest BCUT2D eigenvalue weighted by atomic mass is 79.9. The second kappa shape index (κ2) is 10.0. The number of carbonyl (C=O) groups is 2. The Kier molecular flexibility index (Phi) is 6.57. The third-order valence-corrected chi connectivity index (χ3v) is 8.63. The molecule has 2 atom stereocenters. The summed E-state index contributed by atoms with van der Waals surface area (Å²) in [6.07, 6.45) is 6.10. The quantitative estimate of drug-likeness (QED) is 0.433. The van der Waals surface area contributed by atoms with E-state index in [0.717, 1.165) is 52.7 Å². The van der Waals surface area contributed by atoms with Gasteiger partial charge in [0.25, 0.3) is 0 Å². The minimum Gasteiger partial charge on any atom is -0.459 e. The maximum atomic E-state index is 13.9. The van der Waals surface area contributed by atoms with E-state index in [1.165, 1.54) is 6.42 Å². The van der Waals surface area contributed by atoms with Gasteiger partial charge in [-0.15, -0.1) is 0 Å². The molecule has 0 bridgehead atoms. The number of benzene rings is 2. The van der Waals surface area contributed by atoms with Gasteiger partial charge in [0, 0.05) is 33.8 Å². The van der Waals surface area contributed by atoms with Crippen molar-refractivity contribution in [3.63, 3.8) is 0 Å². The molecule has 2 aliphatic heterocycles. The number of dihydropyridines is 1. The van der Waals surface area contributed by atoms with Crippen LogP contribution in [-0.2, 0) is 14.3 Å². The molecule has 0 spiro atoms. The number of ketones is 1. The first-order chi connectivity index (χ1) is 18.0. The summed E-state index contributed by atoms with van der Waals surface area (Å²) in [7, 11) is 0. The second-order valence-electron chi connectivity index (χ2n) is 10.3. The lowest BCUT2D eigenvalue weighted by atomic mass is 9.71. The molecule has 2 aliphatic carbocycles. The molecule has 6 rings (SSSR count). The third kappa shape index (κ3) is 4.58. The van der Waals surface area contributed by atoms with Crippen LogP contribution in [0.3, 0.4) is 0 Å². The smallest absolute Gasteiger partial charge is 0.337 e. The van der Waals surface area contributed by atoms with Gasteiger partial charge in [-0.2, -0.15) is 0 Å². The monoisotopic (exact) mass is 563 g/mol. The summed E-state index contributed by atoms with van der Waals surface area (Å²) < 4.78 is 18.1. The van der Waals surface area contributed by atoms with Crippen molar-refractivity contribution in [2.24, 2.45) is 0 Å². The number of fused-ring (bicyclic) bond motifs is 1. The van der Waals surface area contributed by atoms with Gasteiger partial charge in [0.05, 0.1) is 5.57 Å². The molecular weight excluding hydrogens is 534 g/mol. The highest BCUT2D eigenvalue weighted by Gasteiger charge is 2.43. The number of esters is 1. The number of carbonyl (C=O) groups excluding carboxylic acids is 2. The highest BCUT2D eigenvalue weighted by molar-refractivity contribution is 9.10. The first-order valence-electron chi connectivity index (χ1n) is 13.1. The molecule has 0 radical (unpaired) electrons. The van der Waals surface area contributed by atoms with Crippen LogP contribution in [-0.4, -0.2) is 24.6 Å². The lowest BCUT2D eigenvalue weighted by molar-refractivity contribution is -0.146. The fraction of sp³-hybridized carbons (Fsp3) is 0.400. The molecule has 1 fully saturated rings. The average Bonchev–Trinajstić information content (AvgIpc) is 3.35. The maximum absolute atomic E-state index is 13.9. The van der Waals surface area contributed by atoms with Crippen molar-refractivity contribution in [3.8, 4) is 11.5 Å². The molecule has 7 heteroatoms. The Balaban J connectivity index is 1.42. The van der Waals surface area contributed by atoms with Gasteiger partial charge in [0.1, 0.15) is 6.10 Å². The van der Waals surface area contributed by atoms with Crippen LogP contribution >= 0.6 is 15.9 Å². The molecule has 4 aliphatic rings. The van der Waals surface area contributed by atoms with Crippen LogP contribution < -0.4 is 14.8 Å². The maximum Gasteiger partial charge on any atom is 0.337 e. The fourth-order valence-electron chi connectivity index (χ4n) is 6.13. The Morgan fingerprint density at radius 1 is 1.03 bits per heavy atom. The molecule has 2 heterocycles. The summed E-state index contributed by atoms with van der Waals surface area (Å²) in [5.74, 6) is 0.486. The van der Waals surface area contributed by atoms with Gasteiger partial charge in [-0.25, -0.2) is 4.79 Å². The predicted molar refractivity (Wildman–Crippen MR) is 142 cm³/mol. The van der Waals surface area contributed by atoms with Crippen molar-refractivity contribution in [2.75, 3.05) is 6.79 Å². The van der Waals surface area contributed by atoms with Crippen LogP contribution in [0, 0.1) is 0 Å². The fourth-order valence-corrected chi connectivity index (χ4v) is 6.68. The van der Waals surface area contributed by atoms with Gasteiger partial charge in [-0.1, -0.05) is 52.7 Å². The van der Waals surface area contributed by atoms with Crippen LogP contribution in [0.25, 0.3) is 0 Å². The molecule has 0 aromatic heterocycles. The largest absolute Gasteiger partial charge is 0.459 e. The van der Waals surface area contributed by atoms with Gasteiger partial charge in [0.2, 0.25) is 6.79 Å². The summed E-state index contributed by atoms with van der Waals surface area (Å²) in [5.41, 5.74) is 4.71. The number of ether oxygens (including phenoxy) is 3. The summed E-state index contributed by atoms with van der Waals surface area (Å²) in [5, 5.41) is 3.45. The van der Waals surface area contributed by atoms with E-state index in [9.17, 15) is 9.59 Å². The molecule has 0 unspecified atom stereocenters. The van der Waals surface area contributed by atoms with Gasteiger partial charge >= 0.3 is 5.97 Å². The lowest BCUT2D eigenvalue weighted by Crippen LogP contribution is -2.37. The van der Waals surface area contributed by atoms with Crippen LogP contribution in [0.15, 0.2) is 69.5 Å². The number of halogens is 1. The molecule has 1 saturated carbocycles. The van der Waals surface area contributed by atoms with Crippen molar-refractivity contribution in [3.05, 3.63) is 80.6 Å².